The Morgan fingerprint density at radius 3 is 2.43 bits per heavy atom. The molecule has 110 valence electrons. The molecular weight excluding hydrogens is 308 g/mol. The molecule has 0 bridgehead atoms. The van der Waals surface area contributed by atoms with Crippen molar-refractivity contribution < 1.29 is 13.5 Å². The van der Waals surface area contributed by atoms with E-state index in [-0.39, 0.29) is 16.5 Å². The average Bonchev–Trinajstić information content (AvgIpc) is 2.48. The van der Waals surface area contributed by atoms with Gasteiger partial charge in [0, 0.05) is 11.3 Å². The van der Waals surface area contributed by atoms with Crippen LogP contribution in [0.3, 0.4) is 0 Å². The van der Waals surface area contributed by atoms with Crippen LogP contribution in [0.5, 0.6) is 0 Å². The summed E-state index contributed by atoms with van der Waals surface area (Å²) in [6, 6.07) is 12.6. The summed E-state index contributed by atoms with van der Waals surface area (Å²) < 4.78 is 27.0. The fourth-order valence-corrected chi connectivity index (χ4v) is 2.94. The summed E-state index contributed by atoms with van der Waals surface area (Å²) in [5.41, 5.74) is 7.10. The zero-order chi connectivity index (χ0) is 15.5. The number of thiocarbonyl (C=S) groups is 1. The zero-order valence-electron chi connectivity index (χ0n) is 11.0. The smallest absolute Gasteiger partial charge is 0.261 e. The van der Waals surface area contributed by atoms with Gasteiger partial charge in [0.15, 0.2) is 0 Å². The molecule has 0 saturated heterocycles. The standard InChI is InChI=1S/C14H14N2O3S2/c15-14(20)11-2-1-3-13(8-11)21(18,19)16-12-6-4-10(9-17)5-7-12/h1-8,16-17H,9H2,(H2,15,20). The molecule has 0 radical (unpaired) electrons. The number of nitrogens with two attached hydrogens (primary N) is 1. The maximum atomic E-state index is 12.3. The molecule has 0 heterocycles. The van der Waals surface area contributed by atoms with Gasteiger partial charge in [0.05, 0.1) is 11.5 Å². The Kier molecular flexibility index (Phi) is 4.56. The van der Waals surface area contributed by atoms with Gasteiger partial charge in [0.1, 0.15) is 4.99 Å². The molecule has 0 aliphatic carbocycles. The Hall–Kier alpha value is -1.96. The quantitative estimate of drug-likeness (QED) is 0.727. The second-order valence-electron chi connectivity index (χ2n) is 4.35. The highest BCUT2D eigenvalue weighted by Crippen LogP contribution is 2.17. The van der Waals surface area contributed by atoms with Crippen molar-refractivity contribution in [1.82, 2.24) is 0 Å². The third-order valence-corrected chi connectivity index (χ3v) is 4.43. The second-order valence-corrected chi connectivity index (χ2v) is 6.47. The molecular formula is C14H14N2O3S2. The van der Waals surface area contributed by atoms with E-state index in [0.717, 1.165) is 0 Å². The fraction of sp³-hybridized carbons (Fsp3) is 0.0714. The lowest BCUT2D eigenvalue weighted by molar-refractivity contribution is 0.282. The highest BCUT2D eigenvalue weighted by Gasteiger charge is 2.15. The van der Waals surface area contributed by atoms with E-state index in [1.54, 1.807) is 36.4 Å². The summed E-state index contributed by atoms with van der Waals surface area (Å²) in [6.07, 6.45) is 0. The van der Waals surface area contributed by atoms with Crippen LogP contribution < -0.4 is 10.5 Å². The van der Waals surface area contributed by atoms with Crippen LogP contribution in [-0.2, 0) is 16.6 Å². The van der Waals surface area contributed by atoms with Crippen molar-refractivity contribution in [3.8, 4) is 0 Å². The van der Waals surface area contributed by atoms with Crippen LogP contribution in [-0.4, -0.2) is 18.5 Å². The summed E-state index contributed by atoms with van der Waals surface area (Å²) in [5.74, 6) is 0. The van der Waals surface area contributed by atoms with Gasteiger partial charge in [-0.25, -0.2) is 8.42 Å². The van der Waals surface area contributed by atoms with Gasteiger partial charge < -0.3 is 10.8 Å². The predicted octanol–water partition coefficient (Wildman–Crippen LogP) is 1.61. The lowest BCUT2D eigenvalue weighted by Gasteiger charge is -2.09. The van der Waals surface area contributed by atoms with Crippen molar-refractivity contribution in [1.29, 1.82) is 0 Å². The van der Waals surface area contributed by atoms with Crippen molar-refractivity contribution in [2.75, 3.05) is 4.72 Å². The lowest BCUT2D eigenvalue weighted by Crippen LogP contribution is -2.15. The van der Waals surface area contributed by atoms with Crippen molar-refractivity contribution in [2.45, 2.75) is 11.5 Å². The summed E-state index contributed by atoms with van der Waals surface area (Å²) >= 11 is 4.84. The van der Waals surface area contributed by atoms with Crippen LogP contribution in [0, 0.1) is 0 Å². The van der Waals surface area contributed by atoms with E-state index in [4.69, 9.17) is 23.1 Å². The molecule has 0 saturated carbocycles. The van der Waals surface area contributed by atoms with Gasteiger partial charge in [-0.3, -0.25) is 4.72 Å². The molecule has 2 rings (SSSR count). The number of aliphatic hydroxyl groups is 1. The van der Waals surface area contributed by atoms with Gasteiger partial charge in [-0.2, -0.15) is 0 Å². The van der Waals surface area contributed by atoms with Gasteiger partial charge in [0.2, 0.25) is 0 Å². The van der Waals surface area contributed by atoms with Gasteiger partial charge in [-0.15, -0.1) is 0 Å². The number of hydrogen-bond acceptors (Lipinski definition) is 4. The highest BCUT2D eigenvalue weighted by atomic mass is 32.2. The fourth-order valence-electron chi connectivity index (χ4n) is 1.71. The molecule has 0 aliphatic heterocycles. The minimum absolute atomic E-state index is 0.0824. The molecule has 7 heteroatoms. The molecule has 2 aromatic carbocycles. The monoisotopic (exact) mass is 322 g/mol. The van der Waals surface area contributed by atoms with Crippen LogP contribution in [0.1, 0.15) is 11.1 Å². The number of nitrogens with one attached hydrogen (secondary N) is 1. The number of rotatable bonds is 5. The Morgan fingerprint density at radius 1 is 1.19 bits per heavy atom. The third-order valence-electron chi connectivity index (χ3n) is 2.82. The molecule has 0 aliphatic rings. The van der Waals surface area contributed by atoms with Gasteiger partial charge in [-0.05, 0) is 29.8 Å². The minimum atomic E-state index is -3.72. The molecule has 0 atom stereocenters. The Balaban J connectivity index is 2.29. The minimum Gasteiger partial charge on any atom is -0.392 e. The number of hydrogen-bond donors (Lipinski definition) is 3. The lowest BCUT2D eigenvalue weighted by atomic mass is 10.2. The number of benzene rings is 2. The zero-order valence-corrected chi connectivity index (χ0v) is 12.6. The average molecular weight is 322 g/mol. The predicted molar refractivity (Wildman–Crippen MR) is 85.5 cm³/mol. The van der Waals surface area contributed by atoms with Crippen molar-refractivity contribution in [2.24, 2.45) is 5.73 Å². The van der Waals surface area contributed by atoms with E-state index in [0.29, 0.717) is 16.8 Å². The number of anilines is 1. The van der Waals surface area contributed by atoms with Gasteiger partial charge in [0.25, 0.3) is 10.0 Å². The van der Waals surface area contributed by atoms with Gasteiger partial charge >= 0.3 is 0 Å². The van der Waals surface area contributed by atoms with Crippen molar-refractivity contribution >= 4 is 32.9 Å². The largest absolute Gasteiger partial charge is 0.392 e. The van der Waals surface area contributed by atoms with Crippen LogP contribution in [0.25, 0.3) is 0 Å². The highest BCUT2D eigenvalue weighted by molar-refractivity contribution is 7.92. The van der Waals surface area contributed by atoms with Crippen LogP contribution in [0.2, 0.25) is 0 Å². The summed E-state index contributed by atoms with van der Waals surface area (Å²) in [7, 11) is -3.72. The summed E-state index contributed by atoms with van der Waals surface area (Å²) in [4.78, 5) is 0.221. The molecule has 0 aromatic heterocycles. The Morgan fingerprint density at radius 2 is 1.86 bits per heavy atom. The van der Waals surface area contributed by atoms with Crippen molar-refractivity contribution in [3.05, 3.63) is 59.7 Å². The van der Waals surface area contributed by atoms with E-state index in [9.17, 15) is 8.42 Å². The maximum Gasteiger partial charge on any atom is 0.261 e. The summed E-state index contributed by atoms with van der Waals surface area (Å²) in [6.45, 7) is -0.0942. The Labute approximate surface area is 128 Å². The molecule has 4 N–H and O–H groups in total. The molecule has 0 unspecified atom stereocenters. The third kappa shape index (κ3) is 3.78. The Bertz CT molecular complexity index is 756. The molecule has 0 spiro atoms. The van der Waals surface area contributed by atoms with E-state index in [1.165, 1.54) is 12.1 Å². The van der Waals surface area contributed by atoms with Gasteiger partial charge in [-0.1, -0.05) is 36.5 Å². The van der Waals surface area contributed by atoms with E-state index in [2.05, 4.69) is 4.72 Å². The molecule has 0 amide bonds. The van der Waals surface area contributed by atoms with Crippen molar-refractivity contribution in [3.63, 3.8) is 0 Å². The van der Waals surface area contributed by atoms with E-state index >= 15 is 0 Å². The molecule has 0 fully saturated rings. The molecule has 5 nitrogen and oxygen atoms in total. The first-order chi connectivity index (χ1) is 9.92. The molecule has 21 heavy (non-hydrogen) atoms. The normalized spacial score (nSPS) is 11.1. The molecule has 2 aromatic rings. The number of sulfonamides is 1. The topological polar surface area (TPSA) is 92.4 Å². The summed E-state index contributed by atoms with van der Waals surface area (Å²) in [5, 5.41) is 8.96. The van der Waals surface area contributed by atoms with E-state index in [1.807, 2.05) is 0 Å². The first-order valence-corrected chi connectivity index (χ1v) is 7.94. The van der Waals surface area contributed by atoms with Crippen LogP contribution in [0.4, 0.5) is 5.69 Å². The van der Waals surface area contributed by atoms with Crippen LogP contribution in [0.15, 0.2) is 53.4 Å². The van der Waals surface area contributed by atoms with Crippen LogP contribution >= 0.6 is 12.2 Å². The maximum absolute atomic E-state index is 12.3. The SMILES string of the molecule is NC(=S)c1cccc(S(=O)(=O)Nc2ccc(CO)cc2)c1. The number of aliphatic hydroxyl groups excluding tert-OH is 1. The first-order valence-electron chi connectivity index (χ1n) is 6.05. The second kappa shape index (κ2) is 6.21. The van der Waals surface area contributed by atoms with E-state index < -0.39 is 10.0 Å². The first kappa shape index (κ1) is 15.4.